The van der Waals surface area contributed by atoms with Crippen molar-refractivity contribution in [2.75, 3.05) is 10.6 Å². The van der Waals surface area contributed by atoms with E-state index in [2.05, 4.69) is 10.2 Å². The second-order valence-corrected chi connectivity index (χ2v) is 16.0. The molecule has 0 bridgehead atoms. The lowest BCUT2D eigenvalue weighted by molar-refractivity contribution is 0.0926. The van der Waals surface area contributed by atoms with Gasteiger partial charge in [0.05, 0.1) is 46.7 Å². The number of amides is 2. The molecular formula is C36H32Cl4N6O4S2. The number of rotatable bonds is 7. The van der Waals surface area contributed by atoms with E-state index >= 15 is 0 Å². The summed E-state index contributed by atoms with van der Waals surface area (Å²) in [5.74, 6) is -0.699. The Bertz CT molecular complexity index is 2280. The Kier molecular flexibility index (Phi) is 12.2. The van der Waals surface area contributed by atoms with Crippen molar-refractivity contribution in [3.8, 4) is 0 Å². The molecule has 1 aliphatic rings. The Morgan fingerprint density at radius 3 is 1.35 bits per heavy atom. The number of nitrogens with two attached hydrogens (primary N) is 1. The fourth-order valence-corrected chi connectivity index (χ4v) is 8.40. The molecule has 0 radical (unpaired) electrons. The van der Waals surface area contributed by atoms with Gasteiger partial charge >= 0.3 is 0 Å². The minimum absolute atomic E-state index is 0.0307. The molecule has 0 spiro atoms. The summed E-state index contributed by atoms with van der Waals surface area (Å²) in [5.41, 5.74) is 8.26. The Balaban J connectivity index is 0.000000217. The number of nitrogen functional groups attached to an aromatic ring is 1. The van der Waals surface area contributed by atoms with E-state index in [0.29, 0.717) is 63.5 Å². The van der Waals surface area contributed by atoms with E-state index in [1.807, 2.05) is 27.7 Å². The maximum atomic E-state index is 12.7. The van der Waals surface area contributed by atoms with E-state index in [1.54, 1.807) is 62.6 Å². The molecule has 0 unspecified atom stereocenters. The lowest BCUT2D eigenvalue weighted by Crippen LogP contribution is -2.29. The lowest BCUT2D eigenvalue weighted by Gasteiger charge is -2.17. The topological polar surface area (TPSA) is 133 Å². The van der Waals surface area contributed by atoms with Gasteiger partial charge in [0.1, 0.15) is 10.1 Å². The Hall–Kier alpha value is -3.78. The Morgan fingerprint density at radius 2 is 0.981 bits per heavy atom. The fraction of sp³-hybridized carbons (Fsp3) is 0.222. The quantitative estimate of drug-likeness (QED) is 0.126. The van der Waals surface area contributed by atoms with Gasteiger partial charge in [0.25, 0.3) is 22.9 Å². The molecule has 3 aromatic carbocycles. The van der Waals surface area contributed by atoms with Gasteiger partial charge in [0, 0.05) is 30.9 Å². The third-order valence-electron chi connectivity index (χ3n) is 7.85. The molecule has 2 aromatic heterocycles. The van der Waals surface area contributed by atoms with E-state index in [-0.39, 0.29) is 33.0 Å². The number of imide groups is 1. The summed E-state index contributed by atoms with van der Waals surface area (Å²) in [5, 5.41) is 11.2. The number of aryl methyl sites for hydroxylation is 2. The third kappa shape index (κ3) is 8.22. The summed E-state index contributed by atoms with van der Waals surface area (Å²) >= 11 is 27.9. The highest BCUT2D eigenvalue weighted by Crippen LogP contribution is 2.42. The largest absolute Gasteiger partial charge is 0.399 e. The second-order valence-electron chi connectivity index (χ2n) is 12.3. The predicted octanol–water partition coefficient (Wildman–Crippen LogP) is 9.11. The molecule has 10 nitrogen and oxygen atoms in total. The van der Waals surface area contributed by atoms with Crippen LogP contribution >= 0.6 is 69.9 Å². The van der Waals surface area contributed by atoms with Crippen molar-refractivity contribution < 1.29 is 9.59 Å². The number of carbonyl (C=O) groups is 2. The monoisotopic (exact) mass is 816 g/mol. The van der Waals surface area contributed by atoms with E-state index in [0.717, 1.165) is 4.90 Å². The summed E-state index contributed by atoms with van der Waals surface area (Å²) < 4.78 is 2.61. The van der Waals surface area contributed by atoms with Gasteiger partial charge in [-0.1, -0.05) is 110 Å². The van der Waals surface area contributed by atoms with Crippen LogP contribution in [0.15, 0.2) is 90.1 Å². The SMILES string of the molecule is CC(C)c1cc(Sc2c(Cl)cc(N)cc2Cl)nn(C)c1=O.CC(C)c1cc(Sc2c(Cl)cc(N3C(=O)c4ccccc4C3=O)cc2Cl)nn(C)c1=O. The van der Waals surface area contributed by atoms with Gasteiger partial charge in [-0.25, -0.2) is 14.3 Å². The van der Waals surface area contributed by atoms with Gasteiger partial charge in [-0.3, -0.25) is 19.2 Å². The molecule has 3 heterocycles. The average Bonchev–Trinajstić information content (AvgIpc) is 3.32. The third-order valence-corrected chi connectivity index (χ3v) is 11.6. The van der Waals surface area contributed by atoms with Crippen molar-refractivity contribution in [1.29, 1.82) is 0 Å². The number of aromatic nitrogens is 4. The van der Waals surface area contributed by atoms with Crippen molar-refractivity contribution >= 4 is 93.1 Å². The summed E-state index contributed by atoms with van der Waals surface area (Å²) in [4.78, 5) is 52.0. The molecular weight excluding hydrogens is 786 g/mol. The molecule has 6 rings (SSSR count). The minimum atomic E-state index is -0.422. The first kappa shape index (κ1) is 39.4. The highest BCUT2D eigenvalue weighted by atomic mass is 35.5. The first-order valence-electron chi connectivity index (χ1n) is 15.7. The first-order chi connectivity index (χ1) is 24.5. The normalized spacial score (nSPS) is 12.4. The number of carbonyl (C=O) groups excluding carboxylic acids is 2. The number of fused-ring (bicyclic) bond motifs is 1. The smallest absolute Gasteiger partial charge is 0.270 e. The van der Waals surface area contributed by atoms with Crippen molar-refractivity contribution in [2.24, 2.45) is 14.1 Å². The van der Waals surface area contributed by atoms with Crippen LogP contribution in [0.25, 0.3) is 0 Å². The highest BCUT2D eigenvalue weighted by Gasteiger charge is 2.37. The van der Waals surface area contributed by atoms with E-state index in [1.165, 1.54) is 45.0 Å². The van der Waals surface area contributed by atoms with Gasteiger partial charge in [-0.2, -0.15) is 10.2 Å². The molecule has 1 aliphatic heterocycles. The van der Waals surface area contributed by atoms with Crippen LogP contribution in [-0.2, 0) is 14.1 Å². The minimum Gasteiger partial charge on any atom is -0.399 e. The van der Waals surface area contributed by atoms with Crippen LogP contribution in [-0.4, -0.2) is 31.4 Å². The highest BCUT2D eigenvalue weighted by molar-refractivity contribution is 7.99. The molecule has 5 aromatic rings. The molecule has 0 aliphatic carbocycles. The van der Waals surface area contributed by atoms with Gasteiger partial charge in [0.15, 0.2) is 0 Å². The number of anilines is 2. The molecule has 16 heteroatoms. The van der Waals surface area contributed by atoms with Crippen molar-refractivity contribution in [1.82, 2.24) is 19.6 Å². The summed E-state index contributed by atoms with van der Waals surface area (Å²) in [6, 6.07) is 16.5. The maximum absolute atomic E-state index is 12.7. The number of nitrogens with zero attached hydrogens (tertiary/aromatic N) is 5. The molecule has 2 amide bonds. The zero-order valence-corrected chi connectivity index (χ0v) is 33.4. The zero-order chi connectivity index (χ0) is 38.2. The molecule has 0 saturated carbocycles. The van der Waals surface area contributed by atoms with Crippen LogP contribution in [0, 0.1) is 0 Å². The number of hydrogen-bond acceptors (Lipinski definition) is 9. The van der Waals surface area contributed by atoms with E-state index in [4.69, 9.17) is 52.1 Å². The van der Waals surface area contributed by atoms with Crippen molar-refractivity contribution in [3.05, 3.63) is 124 Å². The molecule has 0 fully saturated rings. The van der Waals surface area contributed by atoms with Crippen LogP contribution in [0.3, 0.4) is 0 Å². The predicted molar refractivity (Wildman–Crippen MR) is 210 cm³/mol. The Labute approximate surface area is 328 Å². The van der Waals surface area contributed by atoms with Crippen LogP contribution in [0.4, 0.5) is 11.4 Å². The average molecular weight is 819 g/mol. The number of halogens is 4. The standard InChI is InChI=1S/C22H17Cl2N3O3S.C14H15Cl2N3OS/c1-11(2)15-10-18(25-26(3)20(15)28)31-19-16(23)8-12(9-17(19)24)27-21(29)13-6-4-5-7-14(13)22(27)30;1-7(2)9-6-12(18-19(3)14(9)20)21-13-10(15)4-8(17)5-11(13)16/h4-11H,1-3H3;4-7H,17H2,1-3H3. The molecule has 52 heavy (non-hydrogen) atoms. The van der Waals surface area contributed by atoms with Crippen LogP contribution in [0.1, 0.15) is 71.4 Å². The van der Waals surface area contributed by atoms with E-state index < -0.39 is 11.8 Å². The summed E-state index contributed by atoms with van der Waals surface area (Å²) in [6.45, 7) is 7.80. The maximum Gasteiger partial charge on any atom is 0.270 e. The Morgan fingerprint density at radius 1 is 0.615 bits per heavy atom. The van der Waals surface area contributed by atoms with E-state index in [9.17, 15) is 19.2 Å². The van der Waals surface area contributed by atoms with Crippen LogP contribution < -0.4 is 21.8 Å². The van der Waals surface area contributed by atoms with Crippen LogP contribution in [0.2, 0.25) is 20.1 Å². The first-order valence-corrected chi connectivity index (χ1v) is 18.9. The molecule has 0 atom stereocenters. The summed E-state index contributed by atoms with van der Waals surface area (Å²) in [7, 11) is 3.22. The second kappa shape index (κ2) is 16.1. The zero-order valence-electron chi connectivity index (χ0n) is 28.7. The van der Waals surface area contributed by atoms with Crippen molar-refractivity contribution in [3.63, 3.8) is 0 Å². The van der Waals surface area contributed by atoms with Crippen LogP contribution in [0.5, 0.6) is 0 Å². The summed E-state index contributed by atoms with van der Waals surface area (Å²) in [6.07, 6.45) is 0. The van der Waals surface area contributed by atoms with Gasteiger partial charge in [-0.05, 0) is 60.4 Å². The lowest BCUT2D eigenvalue weighted by atomic mass is 10.1. The molecule has 270 valence electrons. The van der Waals surface area contributed by atoms with Gasteiger partial charge < -0.3 is 5.73 Å². The molecule has 2 N–H and O–H groups in total. The number of benzene rings is 3. The fourth-order valence-electron chi connectivity index (χ4n) is 5.22. The van der Waals surface area contributed by atoms with Gasteiger partial charge in [0.2, 0.25) is 0 Å². The van der Waals surface area contributed by atoms with Gasteiger partial charge in [-0.15, -0.1) is 0 Å². The molecule has 0 saturated heterocycles. The van der Waals surface area contributed by atoms with Crippen molar-refractivity contribution in [2.45, 2.75) is 59.4 Å². The number of hydrogen-bond donors (Lipinski definition) is 1.